The number of alkyl halides is 1. The average molecular weight is 321 g/mol. The van der Waals surface area contributed by atoms with Crippen LogP contribution in [-0.4, -0.2) is 23.0 Å². The lowest BCUT2D eigenvalue weighted by Gasteiger charge is -2.30. The Bertz CT molecular complexity index is 588. The van der Waals surface area contributed by atoms with Gasteiger partial charge >= 0.3 is 0 Å². The maximum atomic E-state index is 5.87. The molecule has 1 fully saturated rings. The van der Waals surface area contributed by atoms with E-state index < -0.39 is 0 Å². The fourth-order valence-electron chi connectivity index (χ4n) is 2.82. The standard InChI is InChI=1S/C17H21ClN2S/c1-13-6-8-20(9-7-13)11-14-4-2-3-5-16(14)17-19-15(10-18)12-21-17/h2-5,12-13H,6-11H2,1H3. The van der Waals surface area contributed by atoms with Crippen molar-refractivity contribution in [1.29, 1.82) is 0 Å². The first-order chi connectivity index (χ1) is 10.3. The molecule has 0 unspecified atom stereocenters. The molecule has 112 valence electrons. The summed E-state index contributed by atoms with van der Waals surface area (Å²) in [5, 5.41) is 3.15. The number of hydrogen-bond acceptors (Lipinski definition) is 3. The predicted molar refractivity (Wildman–Crippen MR) is 90.8 cm³/mol. The zero-order valence-electron chi connectivity index (χ0n) is 12.4. The number of benzene rings is 1. The van der Waals surface area contributed by atoms with Gasteiger partial charge in [-0.15, -0.1) is 22.9 Å². The molecular formula is C17H21ClN2S. The first kappa shape index (κ1) is 15.0. The van der Waals surface area contributed by atoms with Crippen molar-refractivity contribution >= 4 is 22.9 Å². The van der Waals surface area contributed by atoms with E-state index in [9.17, 15) is 0 Å². The Labute approximate surface area is 135 Å². The number of hydrogen-bond donors (Lipinski definition) is 0. The monoisotopic (exact) mass is 320 g/mol. The van der Waals surface area contributed by atoms with Crippen LogP contribution in [0.3, 0.4) is 0 Å². The highest BCUT2D eigenvalue weighted by atomic mass is 35.5. The van der Waals surface area contributed by atoms with Crippen LogP contribution in [0.5, 0.6) is 0 Å². The highest BCUT2D eigenvalue weighted by Gasteiger charge is 2.17. The molecule has 4 heteroatoms. The van der Waals surface area contributed by atoms with Gasteiger partial charge in [0.1, 0.15) is 5.01 Å². The van der Waals surface area contributed by atoms with Crippen LogP contribution in [0, 0.1) is 5.92 Å². The summed E-state index contributed by atoms with van der Waals surface area (Å²) in [6.45, 7) is 5.80. The van der Waals surface area contributed by atoms with Gasteiger partial charge in [0, 0.05) is 17.5 Å². The highest BCUT2D eigenvalue weighted by molar-refractivity contribution is 7.13. The maximum Gasteiger partial charge on any atom is 0.123 e. The molecule has 1 saturated heterocycles. The molecule has 0 spiro atoms. The Morgan fingerprint density at radius 2 is 2.05 bits per heavy atom. The summed E-state index contributed by atoms with van der Waals surface area (Å²) in [7, 11) is 0. The van der Waals surface area contributed by atoms with Crippen molar-refractivity contribution in [3.63, 3.8) is 0 Å². The molecule has 0 radical (unpaired) electrons. The summed E-state index contributed by atoms with van der Waals surface area (Å²) in [5.74, 6) is 1.37. The minimum absolute atomic E-state index is 0.489. The van der Waals surface area contributed by atoms with E-state index in [-0.39, 0.29) is 0 Å². The molecule has 1 aliphatic rings. The van der Waals surface area contributed by atoms with Crippen LogP contribution in [0.25, 0.3) is 10.6 Å². The molecular weight excluding hydrogens is 300 g/mol. The Hall–Kier alpha value is -0.900. The van der Waals surface area contributed by atoms with Crippen LogP contribution in [0.1, 0.15) is 31.0 Å². The summed E-state index contributed by atoms with van der Waals surface area (Å²) in [5.41, 5.74) is 3.61. The molecule has 3 rings (SSSR count). The van der Waals surface area contributed by atoms with Crippen LogP contribution in [-0.2, 0) is 12.4 Å². The van der Waals surface area contributed by atoms with Crippen molar-refractivity contribution in [1.82, 2.24) is 9.88 Å². The van der Waals surface area contributed by atoms with Crippen molar-refractivity contribution in [2.45, 2.75) is 32.2 Å². The minimum Gasteiger partial charge on any atom is -0.299 e. The molecule has 0 aliphatic carbocycles. The number of likely N-dealkylation sites (tertiary alicyclic amines) is 1. The first-order valence-corrected chi connectivity index (χ1v) is 8.98. The quantitative estimate of drug-likeness (QED) is 0.754. The molecule has 2 heterocycles. The van der Waals surface area contributed by atoms with Gasteiger partial charge in [0.25, 0.3) is 0 Å². The van der Waals surface area contributed by atoms with Gasteiger partial charge in [-0.05, 0) is 37.4 Å². The summed E-state index contributed by atoms with van der Waals surface area (Å²) in [4.78, 5) is 7.20. The molecule has 0 amide bonds. The predicted octanol–water partition coefficient (Wildman–Crippen LogP) is 4.78. The molecule has 1 aromatic heterocycles. The topological polar surface area (TPSA) is 16.1 Å². The molecule has 2 aromatic rings. The van der Waals surface area contributed by atoms with Crippen LogP contribution >= 0.6 is 22.9 Å². The number of rotatable bonds is 4. The van der Waals surface area contributed by atoms with Gasteiger partial charge in [-0.1, -0.05) is 31.2 Å². The van der Waals surface area contributed by atoms with E-state index in [2.05, 4.69) is 46.5 Å². The van der Waals surface area contributed by atoms with Gasteiger partial charge in [-0.25, -0.2) is 4.98 Å². The molecule has 0 atom stereocenters. The zero-order chi connectivity index (χ0) is 14.7. The molecule has 21 heavy (non-hydrogen) atoms. The lowest BCUT2D eigenvalue weighted by molar-refractivity contribution is 0.185. The minimum atomic E-state index is 0.489. The highest BCUT2D eigenvalue weighted by Crippen LogP contribution is 2.29. The van der Waals surface area contributed by atoms with E-state index in [1.807, 2.05) is 0 Å². The van der Waals surface area contributed by atoms with Crippen LogP contribution in [0.2, 0.25) is 0 Å². The third-order valence-electron chi connectivity index (χ3n) is 4.21. The zero-order valence-corrected chi connectivity index (χ0v) is 14.0. The number of halogens is 1. The number of piperidine rings is 1. The van der Waals surface area contributed by atoms with Crippen LogP contribution in [0.15, 0.2) is 29.6 Å². The van der Waals surface area contributed by atoms with Gasteiger partial charge in [-0.3, -0.25) is 4.90 Å². The second kappa shape index (κ2) is 6.91. The van der Waals surface area contributed by atoms with E-state index in [4.69, 9.17) is 11.6 Å². The molecule has 0 saturated carbocycles. The SMILES string of the molecule is CC1CCN(Cc2ccccc2-c2nc(CCl)cs2)CC1. The van der Waals surface area contributed by atoms with Crippen LogP contribution in [0.4, 0.5) is 0 Å². The third-order valence-corrected chi connectivity index (χ3v) is 5.40. The second-order valence-corrected chi connectivity index (χ2v) is 7.02. The fourth-order valence-corrected chi connectivity index (χ4v) is 3.93. The molecule has 1 aliphatic heterocycles. The summed E-state index contributed by atoms with van der Waals surface area (Å²) in [6, 6.07) is 8.63. The molecule has 2 nitrogen and oxygen atoms in total. The van der Waals surface area contributed by atoms with Gasteiger partial charge in [-0.2, -0.15) is 0 Å². The number of nitrogens with zero attached hydrogens (tertiary/aromatic N) is 2. The van der Waals surface area contributed by atoms with Crippen molar-refractivity contribution in [2.75, 3.05) is 13.1 Å². The van der Waals surface area contributed by atoms with E-state index in [1.54, 1.807) is 11.3 Å². The Morgan fingerprint density at radius 1 is 1.29 bits per heavy atom. The van der Waals surface area contributed by atoms with E-state index >= 15 is 0 Å². The second-order valence-electron chi connectivity index (χ2n) is 5.89. The van der Waals surface area contributed by atoms with Crippen LogP contribution < -0.4 is 0 Å². The summed E-state index contributed by atoms with van der Waals surface area (Å²) in [6.07, 6.45) is 2.63. The third kappa shape index (κ3) is 3.65. The van der Waals surface area contributed by atoms with Gasteiger partial charge in [0.15, 0.2) is 0 Å². The largest absolute Gasteiger partial charge is 0.299 e. The van der Waals surface area contributed by atoms with Gasteiger partial charge in [0.2, 0.25) is 0 Å². The van der Waals surface area contributed by atoms with Gasteiger partial charge in [0.05, 0.1) is 11.6 Å². The molecule has 1 aromatic carbocycles. The Balaban J connectivity index is 1.79. The molecule has 0 bridgehead atoms. The van der Waals surface area contributed by atoms with Crippen molar-refractivity contribution in [3.05, 3.63) is 40.9 Å². The lowest BCUT2D eigenvalue weighted by Crippen LogP contribution is -2.32. The maximum absolute atomic E-state index is 5.87. The van der Waals surface area contributed by atoms with E-state index in [0.717, 1.165) is 23.2 Å². The van der Waals surface area contributed by atoms with E-state index in [0.29, 0.717) is 5.88 Å². The normalized spacial score (nSPS) is 17.2. The van der Waals surface area contributed by atoms with Crippen molar-refractivity contribution in [3.8, 4) is 10.6 Å². The summed E-state index contributed by atoms with van der Waals surface area (Å²) >= 11 is 7.56. The number of aromatic nitrogens is 1. The van der Waals surface area contributed by atoms with Crippen molar-refractivity contribution in [2.24, 2.45) is 5.92 Å². The van der Waals surface area contributed by atoms with E-state index in [1.165, 1.54) is 37.1 Å². The number of thiazole rings is 1. The summed E-state index contributed by atoms with van der Waals surface area (Å²) < 4.78 is 0. The first-order valence-electron chi connectivity index (χ1n) is 7.57. The Morgan fingerprint density at radius 3 is 2.76 bits per heavy atom. The average Bonchev–Trinajstić information content (AvgIpc) is 2.99. The lowest BCUT2D eigenvalue weighted by atomic mass is 9.98. The Kier molecular flexibility index (Phi) is 4.94. The van der Waals surface area contributed by atoms with Gasteiger partial charge < -0.3 is 0 Å². The molecule has 0 N–H and O–H groups in total. The smallest absolute Gasteiger partial charge is 0.123 e. The fraction of sp³-hybridized carbons (Fsp3) is 0.471. The van der Waals surface area contributed by atoms with Crippen molar-refractivity contribution < 1.29 is 0 Å².